The van der Waals surface area contributed by atoms with Gasteiger partial charge in [0.15, 0.2) is 6.30 Å². The first-order chi connectivity index (χ1) is 9.47. The zero-order valence-electron chi connectivity index (χ0n) is 14.1. The zero-order chi connectivity index (χ0) is 16.8. The first kappa shape index (κ1) is 19.3. The van der Waals surface area contributed by atoms with Gasteiger partial charge in [-0.2, -0.15) is 0 Å². The lowest BCUT2D eigenvalue weighted by atomic mass is 10.2. The largest absolute Gasteiger partial charge is 0.443 e. The number of hydrogen-bond acceptors (Lipinski definition) is 4. The molecule has 21 heavy (non-hydrogen) atoms. The molecule has 1 atom stereocenters. The van der Waals surface area contributed by atoms with Crippen LogP contribution >= 0.6 is 0 Å². The highest BCUT2D eigenvalue weighted by molar-refractivity contribution is 5.70. The summed E-state index contributed by atoms with van der Waals surface area (Å²) in [5.74, 6) is 0.346. The third-order valence-corrected chi connectivity index (χ3v) is 2.64. The summed E-state index contributed by atoms with van der Waals surface area (Å²) in [6.45, 7) is 14.2. The first-order valence-electron chi connectivity index (χ1n) is 7.01. The summed E-state index contributed by atoms with van der Waals surface area (Å²) in [6, 6.07) is 0. The van der Waals surface area contributed by atoms with E-state index < -0.39 is 18.0 Å². The minimum absolute atomic E-state index is 0.346. The molecule has 0 rings (SSSR count). The monoisotopic (exact) mass is 301 g/mol. The molecule has 0 radical (unpaired) electrons. The Labute approximate surface area is 127 Å². The Balaban J connectivity index is 4.97. The van der Waals surface area contributed by atoms with Gasteiger partial charge < -0.3 is 15.4 Å². The van der Waals surface area contributed by atoms with Crippen LogP contribution in [-0.2, 0) is 4.74 Å². The number of alkyl halides is 1. The number of rotatable bonds is 6. The number of hydrogen-bond donors (Lipinski definition) is 2. The molecular formula is C15H28FN3O2. The van der Waals surface area contributed by atoms with Crippen LogP contribution in [0.1, 0.15) is 48.0 Å². The third-order valence-electron chi connectivity index (χ3n) is 2.64. The van der Waals surface area contributed by atoms with Gasteiger partial charge in [0.05, 0.1) is 5.82 Å². The topological polar surface area (TPSA) is 53.6 Å². The summed E-state index contributed by atoms with van der Waals surface area (Å²) in [4.78, 5) is 13.4. The minimum atomic E-state index is -1.20. The van der Waals surface area contributed by atoms with Gasteiger partial charge in [0.1, 0.15) is 5.60 Å². The fourth-order valence-corrected chi connectivity index (χ4v) is 1.56. The van der Waals surface area contributed by atoms with Gasteiger partial charge in [0.2, 0.25) is 0 Å². The number of carbonyl (C=O) groups excluding carboxylic acids is 1. The molecule has 0 aliphatic rings. The molecule has 6 heteroatoms. The van der Waals surface area contributed by atoms with E-state index in [1.165, 1.54) is 11.8 Å². The van der Waals surface area contributed by atoms with Crippen LogP contribution in [0.25, 0.3) is 0 Å². The highest BCUT2D eigenvalue weighted by Gasteiger charge is 2.21. The van der Waals surface area contributed by atoms with E-state index in [4.69, 9.17) is 4.74 Å². The normalized spacial score (nSPS) is 13.9. The molecule has 0 aromatic heterocycles. The van der Waals surface area contributed by atoms with Gasteiger partial charge in [-0.25, -0.2) is 9.18 Å². The van der Waals surface area contributed by atoms with E-state index in [1.807, 2.05) is 27.7 Å². The summed E-state index contributed by atoms with van der Waals surface area (Å²) in [5.41, 5.74) is 0.906. The SMILES string of the molecule is C=C(N/C(CC)=C(/C)N(C)C(=O)OC(C)(C)C)NC(C)F. The van der Waals surface area contributed by atoms with Gasteiger partial charge in [0, 0.05) is 18.4 Å². The summed E-state index contributed by atoms with van der Waals surface area (Å²) in [6.07, 6.45) is -1.00. The van der Waals surface area contributed by atoms with E-state index in [0.717, 1.165) is 5.70 Å². The molecule has 2 N–H and O–H groups in total. The summed E-state index contributed by atoms with van der Waals surface area (Å²) in [5, 5.41) is 5.51. The van der Waals surface area contributed by atoms with E-state index in [2.05, 4.69) is 17.2 Å². The molecule has 0 heterocycles. The molecule has 0 saturated carbocycles. The number of carbonyl (C=O) groups is 1. The van der Waals surface area contributed by atoms with Crippen molar-refractivity contribution in [1.82, 2.24) is 15.5 Å². The quantitative estimate of drug-likeness (QED) is 0.738. The van der Waals surface area contributed by atoms with Crippen LogP contribution in [0.5, 0.6) is 0 Å². The zero-order valence-corrected chi connectivity index (χ0v) is 14.1. The molecule has 0 aromatic rings. The van der Waals surface area contributed by atoms with Crippen molar-refractivity contribution in [2.75, 3.05) is 7.05 Å². The number of amides is 1. The first-order valence-corrected chi connectivity index (χ1v) is 7.01. The molecule has 5 nitrogen and oxygen atoms in total. The van der Waals surface area contributed by atoms with Crippen molar-refractivity contribution in [3.63, 3.8) is 0 Å². The smallest absolute Gasteiger partial charge is 0.414 e. The van der Waals surface area contributed by atoms with Crippen LogP contribution in [0.4, 0.5) is 9.18 Å². The van der Waals surface area contributed by atoms with Crippen LogP contribution in [-0.4, -0.2) is 29.9 Å². The molecule has 0 aliphatic heterocycles. The molecule has 1 amide bonds. The van der Waals surface area contributed by atoms with Crippen molar-refractivity contribution < 1.29 is 13.9 Å². The van der Waals surface area contributed by atoms with Gasteiger partial charge in [-0.3, -0.25) is 4.90 Å². The molecule has 0 spiro atoms. The van der Waals surface area contributed by atoms with E-state index in [-0.39, 0.29) is 0 Å². The van der Waals surface area contributed by atoms with Gasteiger partial charge in [0.25, 0.3) is 0 Å². The molecule has 0 fully saturated rings. The second-order valence-electron chi connectivity index (χ2n) is 5.82. The van der Waals surface area contributed by atoms with E-state index in [0.29, 0.717) is 17.9 Å². The van der Waals surface area contributed by atoms with Crippen molar-refractivity contribution in [2.45, 2.75) is 59.9 Å². The highest BCUT2D eigenvalue weighted by atomic mass is 19.1. The molecule has 0 bridgehead atoms. The Morgan fingerprint density at radius 2 is 1.95 bits per heavy atom. The lowest BCUT2D eigenvalue weighted by Crippen LogP contribution is -2.36. The van der Waals surface area contributed by atoms with Crippen LogP contribution in [0.15, 0.2) is 23.8 Å². The average Bonchev–Trinajstić information content (AvgIpc) is 2.31. The molecule has 1 unspecified atom stereocenters. The Morgan fingerprint density at radius 1 is 1.43 bits per heavy atom. The maximum absolute atomic E-state index is 12.9. The average molecular weight is 301 g/mol. The van der Waals surface area contributed by atoms with E-state index in [1.54, 1.807) is 14.0 Å². The number of nitrogens with one attached hydrogen (secondary N) is 2. The van der Waals surface area contributed by atoms with E-state index in [9.17, 15) is 9.18 Å². The Morgan fingerprint density at radius 3 is 2.33 bits per heavy atom. The lowest BCUT2D eigenvalue weighted by molar-refractivity contribution is 0.0351. The standard InChI is InChI=1S/C15H28FN3O2/c1-9-13(18-12(4)17-11(3)16)10(2)19(8)14(20)21-15(5,6)7/h11,17-18H,4,9H2,1-3,5-8H3/b13-10-. The van der Waals surface area contributed by atoms with Gasteiger partial charge in [-0.15, -0.1) is 0 Å². The van der Waals surface area contributed by atoms with Crippen molar-refractivity contribution in [3.05, 3.63) is 23.8 Å². The number of ether oxygens (including phenoxy) is 1. The Bertz CT molecular complexity index is 412. The minimum Gasteiger partial charge on any atom is -0.443 e. The van der Waals surface area contributed by atoms with Gasteiger partial charge >= 0.3 is 6.09 Å². The number of allylic oxidation sites excluding steroid dienone is 2. The van der Waals surface area contributed by atoms with E-state index >= 15 is 0 Å². The molecule has 0 saturated heterocycles. The Hall–Kier alpha value is -1.72. The van der Waals surface area contributed by atoms with Crippen molar-refractivity contribution in [1.29, 1.82) is 0 Å². The second-order valence-corrected chi connectivity index (χ2v) is 5.82. The fraction of sp³-hybridized carbons (Fsp3) is 0.667. The fourth-order valence-electron chi connectivity index (χ4n) is 1.56. The Kier molecular flexibility index (Phi) is 7.26. The van der Waals surface area contributed by atoms with Crippen molar-refractivity contribution >= 4 is 6.09 Å². The number of nitrogens with zero attached hydrogens (tertiary/aromatic N) is 1. The van der Waals surface area contributed by atoms with Crippen LogP contribution in [0, 0.1) is 0 Å². The molecule has 122 valence electrons. The number of halogens is 1. The molecular weight excluding hydrogens is 273 g/mol. The van der Waals surface area contributed by atoms with Crippen LogP contribution in [0.3, 0.4) is 0 Å². The van der Waals surface area contributed by atoms with Crippen molar-refractivity contribution in [3.8, 4) is 0 Å². The molecule has 0 aliphatic carbocycles. The predicted octanol–water partition coefficient (Wildman–Crippen LogP) is 3.46. The summed E-state index contributed by atoms with van der Waals surface area (Å²) >= 11 is 0. The van der Waals surface area contributed by atoms with Crippen LogP contribution in [0.2, 0.25) is 0 Å². The second kappa shape index (κ2) is 7.90. The van der Waals surface area contributed by atoms with Crippen molar-refractivity contribution in [2.24, 2.45) is 0 Å². The summed E-state index contributed by atoms with van der Waals surface area (Å²) in [7, 11) is 1.63. The maximum Gasteiger partial charge on any atom is 0.414 e. The predicted molar refractivity (Wildman–Crippen MR) is 83.0 cm³/mol. The molecule has 0 aromatic carbocycles. The summed E-state index contributed by atoms with van der Waals surface area (Å²) < 4.78 is 18.2. The lowest BCUT2D eigenvalue weighted by Gasteiger charge is -2.27. The van der Waals surface area contributed by atoms with Gasteiger partial charge in [-0.05, 0) is 41.0 Å². The third kappa shape index (κ3) is 7.58. The maximum atomic E-state index is 12.9. The van der Waals surface area contributed by atoms with Gasteiger partial charge in [-0.1, -0.05) is 13.5 Å². The van der Waals surface area contributed by atoms with Crippen LogP contribution < -0.4 is 10.6 Å². The highest BCUT2D eigenvalue weighted by Crippen LogP contribution is 2.15.